The molecule has 0 amide bonds. The summed E-state index contributed by atoms with van der Waals surface area (Å²) in [5, 5.41) is 6.60. The van der Waals surface area contributed by atoms with Crippen LogP contribution in [0.15, 0.2) is 17.2 Å². The Bertz CT molecular complexity index is 776. The summed E-state index contributed by atoms with van der Waals surface area (Å²) >= 11 is 0. The molecule has 8 nitrogen and oxygen atoms in total. The molecule has 0 radical (unpaired) electrons. The Morgan fingerprint density at radius 2 is 2.04 bits per heavy atom. The minimum Gasteiger partial charge on any atom is -0.357 e. The first kappa shape index (κ1) is 15.9. The topological polar surface area (TPSA) is 104 Å². The van der Waals surface area contributed by atoms with E-state index in [1.165, 1.54) is 0 Å². The number of aromatic amines is 1. The maximum atomic E-state index is 12.4. The second-order valence-electron chi connectivity index (χ2n) is 5.61. The Balaban J connectivity index is 1.74. The predicted molar refractivity (Wildman–Crippen MR) is 85.6 cm³/mol. The number of nitrogens with zero attached hydrogens (tertiary/aromatic N) is 4. The van der Waals surface area contributed by atoms with Gasteiger partial charge in [0.2, 0.25) is 10.0 Å². The number of aryl methyl sites for hydroxylation is 2. The molecule has 0 saturated carbocycles. The molecule has 0 unspecified atom stereocenters. The Kier molecular flexibility index (Phi) is 4.31. The number of sulfonamides is 1. The maximum Gasteiger partial charge on any atom is 0.244 e. The van der Waals surface area contributed by atoms with Crippen LogP contribution < -0.4 is 9.62 Å². The Hall–Kier alpha value is -2.00. The van der Waals surface area contributed by atoms with Crippen LogP contribution >= 0.6 is 0 Å². The van der Waals surface area contributed by atoms with Gasteiger partial charge in [-0.3, -0.25) is 5.10 Å². The normalized spacial score (nSPS) is 15.3. The van der Waals surface area contributed by atoms with Gasteiger partial charge in [0.05, 0.1) is 17.9 Å². The summed E-state index contributed by atoms with van der Waals surface area (Å²) in [4.78, 5) is 11.0. The summed E-state index contributed by atoms with van der Waals surface area (Å²) in [5.41, 5.74) is 0.962. The highest BCUT2D eigenvalue weighted by molar-refractivity contribution is 7.89. The number of rotatable bonds is 5. The number of H-pyrrole nitrogens is 1. The van der Waals surface area contributed by atoms with Crippen molar-refractivity contribution in [1.29, 1.82) is 0 Å². The SMILES string of the molecule is Cc1n[nH]c(C)c1S(=O)(=O)NCc1nccc(N2CCCC2)n1. The van der Waals surface area contributed by atoms with Gasteiger partial charge < -0.3 is 4.90 Å². The van der Waals surface area contributed by atoms with E-state index in [1.807, 2.05) is 6.07 Å². The molecule has 0 aromatic carbocycles. The van der Waals surface area contributed by atoms with E-state index < -0.39 is 10.0 Å². The number of hydrogen-bond acceptors (Lipinski definition) is 6. The lowest BCUT2D eigenvalue weighted by atomic mass is 10.4. The third kappa shape index (κ3) is 3.35. The van der Waals surface area contributed by atoms with E-state index in [0.717, 1.165) is 31.7 Å². The molecule has 1 aliphatic rings. The molecule has 2 N–H and O–H groups in total. The van der Waals surface area contributed by atoms with Gasteiger partial charge in [0.25, 0.3) is 0 Å². The third-order valence-electron chi connectivity index (χ3n) is 3.87. The van der Waals surface area contributed by atoms with Crippen LogP contribution in [0.5, 0.6) is 0 Å². The molecule has 0 bridgehead atoms. The van der Waals surface area contributed by atoms with Crippen LogP contribution in [0.4, 0.5) is 5.82 Å². The molecule has 3 heterocycles. The Labute approximate surface area is 135 Å². The number of nitrogens with one attached hydrogen (secondary N) is 2. The first-order chi connectivity index (χ1) is 11.0. The first-order valence-electron chi connectivity index (χ1n) is 7.55. The molecule has 124 valence electrons. The van der Waals surface area contributed by atoms with Crippen LogP contribution in [0.25, 0.3) is 0 Å². The fourth-order valence-electron chi connectivity index (χ4n) is 2.76. The average Bonchev–Trinajstić information content (AvgIpc) is 3.16. The molecule has 0 spiro atoms. The molecule has 2 aromatic rings. The van der Waals surface area contributed by atoms with Gasteiger partial charge in [0.1, 0.15) is 16.5 Å². The van der Waals surface area contributed by atoms with Gasteiger partial charge in [-0.05, 0) is 32.8 Å². The number of hydrogen-bond donors (Lipinski definition) is 2. The van der Waals surface area contributed by atoms with Crippen molar-refractivity contribution in [2.45, 2.75) is 38.1 Å². The van der Waals surface area contributed by atoms with Crippen LogP contribution in [0.2, 0.25) is 0 Å². The van der Waals surface area contributed by atoms with Crippen LogP contribution in [-0.2, 0) is 16.6 Å². The summed E-state index contributed by atoms with van der Waals surface area (Å²) in [6, 6.07) is 1.85. The predicted octanol–water partition coefficient (Wildman–Crippen LogP) is 0.895. The second kappa shape index (κ2) is 6.25. The van der Waals surface area contributed by atoms with Crippen LogP contribution in [0.1, 0.15) is 30.1 Å². The Morgan fingerprint density at radius 1 is 1.30 bits per heavy atom. The molecule has 1 fully saturated rings. The highest BCUT2D eigenvalue weighted by Gasteiger charge is 2.22. The van der Waals surface area contributed by atoms with Crippen LogP contribution in [-0.4, -0.2) is 41.7 Å². The fourth-order valence-corrected chi connectivity index (χ4v) is 4.11. The van der Waals surface area contributed by atoms with Crippen molar-refractivity contribution < 1.29 is 8.42 Å². The highest BCUT2D eigenvalue weighted by Crippen LogP contribution is 2.18. The van der Waals surface area contributed by atoms with E-state index in [1.54, 1.807) is 20.0 Å². The van der Waals surface area contributed by atoms with Gasteiger partial charge in [-0.25, -0.2) is 23.1 Å². The van der Waals surface area contributed by atoms with Crippen molar-refractivity contribution in [2.75, 3.05) is 18.0 Å². The minimum atomic E-state index is -3.65. The standard InChI is InChI=1S/C14H20N6O2S/c1-10-14(11(2)19-18-10)23(21,22)16-9-12-15-6-5-13(17-12)20-7-3-4-8-20/h5-6,16H,3-4,7-9H2,1-2H3,(H,18,19). The average molecular weight is 336 g/mol. The lowest BCUT2D eigenvalue weighted by molar-refractivity contribution is 0.578. The molecular formula is C14H20N6O2S. The van der Waals surface area contributed by atoms with E-state index in [9.17, 15) is 8.42 Å². The van der Waals surface area contributed by atoms with Gasteiger partial charge in [0, 0.05) is 19.3 Å². The monoisotopic (exact) mass is 336 g/mol. The van der Waals surface area contributed by atoms with Gasteiger partial charge in [-0.2, -0.15) is 5.10 Å². The van der Waals surface area contributed by atoms with Crippen molar-refractivity contribution >= 4 is 15.8 Å². The maximum absolute atomic E-state index is 12.4. The molecule has 9 heteroatoms. The van der Waals surface area contributed by atoms with Crippen molar-refractivity contribution in [2.24, 2.45) is 0 Å². The summed E-state index contributed by atoms with van der Waals surface area (Å²) in [5.74, 6) is 1.30. The van der Waals surface area contributed by atoms with E-state index in [4.69, 9.17) is 0 Å². The molecule has 1 aliphatic heterocycles. The van der Waals surface area contributed by atoms with Crippen LogP contribution in [0.3, 0.4) is 0 Å². The summed E-state index contributed by atoms with van der Waals surface area (Å²) < 4.78 is 27.4. The number of aromatic nitrogens is 4. The molecule has 0 aliphatic carbocycles. The molecule has 23 heavy (non-hydrogen) atoms. The van der Waals surface area contributed by atoms with Crippen molar-refractivity contribution in [1.82, 2.24) is 24.9 Å². The minimum absolute atomic E-state index is 0.0497. The molecule has 3 rings (SSSR count). The van der Waals surface area contributed by atoms with Crippen molar-refractivity contribution in [3.63, 3.8) is 0 Å². The summed E-state index contributed by atoms with van der Waals surface area (Å²) in [6.45, 7) is 5.35. The lowest BCUT2D eigenvalue weighted by Crippen LogP contribution is -2.26. The zero-order valence-corrected chi connectivity index (χ0v) is 14.0. The van der Waals surface area contributed by atoms with Gasteiger partial charge >= 0.3 is 0 Å². The van der Waals surface area contributed by atoms with E-state index in [2.05, 4.69) is 29.8 Å². The van der Waals surface area contributed by atoms with Gasteiger partial charge in [-0.15, -0.1) is 0 Å². The largest absolute Gasteiger partial charge is 0.357 e. The van der Waals surface area contributed by atoms with E-state index >= 15 is 0 Å². The summed E-state index contributed by atoms with van der Waals surface area (Å²) in [7, 11) is -3.65. The quantitative estimate of drug-likeness (QED) is 0.840. The zero-order chi connectivity index (χ0) is 16.4. The van der Waals surface area contributed by atoms with Crippen LogP contribution in [0, 0.1) is 13.8 Å². The molecule has 1 saturated heterocycles. The van der Waals surface area contributed by atoms with Crippen molar-refractivity contribution in [3.05, 3.63) is 29.5 Å². The zero-order valence-electron chi connectivity index (χ0n) is 13.2. The first-order valence-corrected chi connectivity index (χ1v) is 9.04. The molecular weight excluding hydrogens is 316 g/mol. The van der Waals surface area contributed by atoms with E-state index in [0.29, 0.717) is 17.2 Å². The molecule has 0 atom stereocenters. The number of anilines is 1. The molecule has 2 aromatic heterocycles. The lowest BCUT2D eigenvalue weighted by Gasteiger charge is -2.16. The summed E-state index contributed by atoms with van der Waals surface area (Å²) in [6.07, 6.45) is 3.98. The van der Waals surface area contributed by atoms with Gasteiger partial charge in [-0.1, -0.05) is 0 Å². The van der Waals surface area contributed by atoms with E-state index in [-0.39, 0.29) is 11.4 Å². The third-order valence-corrected chi connectivity index (χ3v) is 5.53. The smallest absolute Gasteiger partial charge is 0.244 e. The second-order valence-corrected chi connectivity index (χ2v) is 7.32. The highest BCUT2D eigenvalue weighted by atomic mass is 32.2. The fraction of sp³-hybridized carbons (Fsp3) is 0.500. The van der Waals surface area contributed by atoms with Gasteiger partial charge in [0.15, 0.2) is 0 Å². The Morgan fingerprint density at radius 3 is 2.70 bits per heavy atom. The van der Waals surface area contributed by atoms with Crippen molar-refractivity contribution in [3.8, 4) is 0 Å².